The van der Waals surface area contributed by atoms with E-state index in [1.807, 2.05) is 19.1 Å². The van der Waals surface area contributed by atoms with Crippen LogP contribution in [0.15, 0.2) is 24.3 Å². The maximum Gasteiger partial charge on any atom is 0.232 e. The number of unbranched alkanes of at least 4 members (excludes halogenated alkanes) is 10. The minimum Gasteiger partial charge on any atom is -0.491 e. The molecule has 5 heteroatoms. The van der Waals surface area contributed by atoms with Gasteiger partial charge in [-0.15, -0.1) is 0 Å². The molecular weight excluding hydrogens is 382 g/mol. The number of nitrogens with one attached hydrogen (secondary N) is 1. The van der Waals surface area contributed by atoms with E-state index in [1.165, 1.54) is 64.2 Å². The molecular formula is C24H43NO3S. The van der Waals surface area contributed by atoms with Crippen LogP contribution in [0.1, 0.15) is 104 Å². The Morgan fingerprint density at radius 3 is 1.86 bits per heavy atom. The van der Waals surface area contributed by atoms with Gasteiger partial charge in [-0.05, 0) is 50.5 Å². The summed E-state index contributed by atoms with van der Waals surface area (Å²) < 4.78 is 32.5. The molecule has 0 aliphatic rings. The van der Waals surface area contributed by atoms with Crippen LogP contribution in [0.5, 0.6) is 5.75 Å². The van der Waals surface area contributed by atoms with Crippen molar-refractivity contribution in [3.63, 3.8) is 0 Å². The van der Waals surface area contributed by atoms with Gasteiger partial charge < -0.3 is 4.74 Å². The van der Waals surface area contributed by atoms with Crippen LogP contribution in [0, 0.1) is 0 Å². The Balaban J connectivity index is 2.16. The van der Waals surface area contributed by atoms with Crippen molar-refractivity contribution in [1.82, 2.24) is 0 Å². The lowest BCUT2D eigenvalue weighted by atomic mass is 10.0. The summed E-state index contributed by atoms with van der Waals surface area (Å²) in [6.07, 6.45) is 16.2. The van der Waals surface area contributed by atoms with E-state index in [0.29, 0.717) is 12.1 Å². The minimum absolute atomic E-state index is 0.164. The largest absolute Gasteiger partial charge is 0.491 e. The number of hydrogen-bond acceptors (Lipinski definition) is 3. The summed E-state index contributed by atoms with van der Waals surface area (Å²) in [5.74, 6) is 0.957. The Morgan fingerprint density at radius 2 is 1.31 bits per heavy atom. The monoisotopic (exact) mass is 425 g/mol. The number of rotatable bonds is 18. The first kappa shape index (κ1) is 25.8. The van der Waals surface area contributed by atoms with Gasteiger partial charge in [0.15, 0.2) is 0 Å². The molecule has 4 nitrogen and oxygen atoms in total. The van der Waals surface area contributed by atoms with Gasteiger partial charge in [0, 0.05) is 5.69 Å². The van der Waals surface area contributed by atoms with Gasteiger partial charge in [0.1, 0.15) is 5.75 Å². The summed E-state index contributed by atoms with van der Waals surface area (Å²) >= 11 is 0. The summed E-state index contributed by atoms with van der Waals surface area (Å²) in [7, 11) is -3.25. The molecule has 0 amide bonds. The van der Waals surface area contributed by atoms with Gasteiger partial charge in [0.2, 0.25) is 10.0 Å². The topological polar surface area (TPSA) is 55.4 Å². The molecule has 0 saturated carbocycles. The van der Waals surface area contributed by atoms with E-state index in [9.17, 15) is 8.42 Å². The predicted molar refractivity (Wildman–Crippen MR) is 125 cm³/mol. The zero-order chi connectivity index (χ0) is 21.4. The van der Waals surface area contributed by atoms with Crippen molar-refractivity contribution in [3.8, 4) is 5.75 Å². The van der Waals surface area contributed by atoms with E-state index in [1.54, 1.807) is 12.1 Å². The molecule has 1 aromatic rings. The number of ether oxygens (including phenoxy) is 1. The van der Waals surface area contributed by atoms with Crippen molar-refractivity contribution >= 4 is 15.7 Å². The first-order valence-electron chi connectivity index (χ1n) is 11.7. The van der Waals surface area contributed by atoms with Crippen molar-refractivity contribution in [2.45, 2.75) is 110 Å². The van der Waals surface area contributed by atoms with E-state index < -0.39 is 10.0 Å². The van der Waals surface area contributed by atoms with Crippen LogP contribution in [0.25, 0.3) is 0 Å². The summed E-state index contributed by atoms with van der Waals surface area (Å²) in [5.41, 5.74) is 0.593. The van der Waals surface area contributed by atoms with Crippen molar-refractivity contribution in [2.24, 2.45) is 0 Å². The van der Waals surface area contributed by atoms with Gasteiger partial charge in [-0.3, -0.25) is 4.72 Å². The molecule has 1 unspecified atom stereocenters. The summed E-state index contributed by atoms with van der Waals surface area (Å²) in [6, 6.07) is 7.22. The van der Waals surface area contributed by atoms with Crippen LogP contribution >= 0.6 is 0 Å². The molecule has 0 radical (unpaired) electrons. The molecule has 29 heavy (non-hydrogen) atoms. The minimum atomic E-state index is -3.25. The van der Waals surface area contributed by atoms with Crippen LogP contribution in [0.3, 0.4) is 0 Å². The standard InChI is InChI=1S/C24H43NO3S/c1-4-6-8-9-10-11-12-13-14-15-16-22(3)28-24-19-17-23(18-20-24)25-29(26,27)21-7-5-2/h17-20,22,25H,4-16,21H2,1-3H3. The molecule has 0 bridgehead atoms. The fourth-order valence-electron chi connectivity index (χ4n) is 3.38. The second kappa shape index (κ2) is 15.6. The Kier molecular flexibility index (Phi) is 13.9. The van der Waals surface area contributed by atoms with Crippen LogP contribution in [-0.2, 0) is 10.0 Å². The number of hydrogen-bond donors (Lipinski definition) is 1. The van der Waals surface area contributed by atoms with Crippen LogP contribution in [-0.4, -0.2) is 20.3 Å². The van der Waals surface area contributed by atoms with Gasteiger partial charge in [0.25, 0.3) is 0 Å². The fraction of sp³-hybridized carbons (Fsp3) is 0.750. The van der Waals surface area contributed by atoms with Gasteiger partial charge >= 0.3 is 0 Å². The van der Waals surface area contributed by atoms with Gasteiger partial charge in [-0.1, -0.05) is 78.1 Å². The summed E-state index contributed by atoms with van der Waals surface area (Å²) in [4.78, 5) is 0. The van der Waals surface area contributed by atoms with Gasteiger partial charge in [0.05, 0.1) is 11.9 Å². The van der Waals surface area contributed by atoms with E-state index in [-0.39, 0.29) is 11.9 Å². The first-order chi connectivity index (χ1) is 14.0. The normalized spacial score (nSPS) is 12.7. The summed E-state index contributed by atoms with van der Waals surface area (Å²) in [6.45, 7) is 6.35. The smallest absolute Gasteiger partial charge is 0.232 e. The lowest BCUT2D eigenvalue weighted by Gasteiger charge is -2.15. The Labute approximate surface area is 179 Å². The predicted octanol–water partition coefficient (Wildman–Crippen LogP) is 7.31. The highest BCUT2D eigenvalue weighted by atomic mass is 32.2. The lowest BCUT2D eigenvalue weighted by Crippen LogP contribution is -2.16. The molecule has 0 fully saturated rings. The second-order valence-electron chi connectivity index (χ2n) is 8.20. The molecule has 1 atom stereocenters. The molecule has 1 aromatic carbocycles. The third-order valence-corrected chi connectivity index (χ3v) is 6.57. The Hall–Kier alpha value is -1.23. The van der Waals surface area contributed by atoms with E-state index in [4.69, 9.17) is 4.74 Å². The van der Waals surface area contributed by atoms with Crippen LogP contribution in [0.2, 0.25) is 0 Å². The van der Waals surface area contributed by atoms with Gasteiger partial charge in [-0.2, -0.15) is 0 Å². The quantitative estimate of drug-likeness (QED) is 0.251. The molecule has 0 heterocycles. The third-order valence-electron chi connectivity index (χ3n) is 5.20. The van der Waals surface area contributed by atoms with Crippen molar-refractivity contribution < 1.29 is 13.2 Å². The maximum atomic E-state index is 12.0. The SMILES string of the molecule is CCCCCCCCCCCCC(C)Oc1ccc(NS(=O)(=O)CCCC)cc1. The number of benzene rings is 1. The van der Waals surface area contributed by atoms with Crippen LogP contribution in [0.4, 0.5) is 5.69 Å². The second-order valence-corrected chi connectivity index (χ2v) is 10.0. The molecule has 1 rings (SSSR count). The molecule has 0 aliphatic heterocycles. The third kappa shape index (κ3) is 13.6. The molecule has 0 aromatic heterocycles. The Bertz CT molecular complexity index is 614. The van der Waals surface area contributed by atoms with Crippen LogP contribution < -0.4 is 9.46 Å². The Morgan fingerprint density at radius 1 is 0.793 bits per heavy atom. The first-order valence-corrected chi connectivity index (χ1v) is 13.4. The number of sulfonamides is 1. The van der Waals surface area contributed by atoms with Crippen molar-refractivity contribution in [1.29, 1.82) is 0 Å². The highest BCUT2D eigenvalue weighted by molar-refractivity contribution is 7.92. The maximum absolute atomic E-state index is 12.0. The fourth-order valence-corrected chi connectivity index (χ4v) is 4.64. The zero-order valence-electron chi connectivity index (χ0n) is 18.9. The molecule has 0 aliphatic carbocycles. The molecule has 0 saturated heterocycles. The van der Waals surface area contributed by atoms with Crippen molar-refractivity contribution in [3.05, 3.63) is 24.3 Å². The molecule has 1 N–H and O–H groups in total. The van der Waals surface area contributed by atoms with Crippen molar-refractivity contribution in [2.75, 3.05) is 10.5 Å². The zero-order valence-corrected chi connectivity index (χ0v) is 19.7. The highest BCUT2D eigenvalue weighted by Gasteiger charge is 2.10. The lowest BCUT2D eigenvalue weighted by molar-refractivity contribution is 0.206. The average molecular weight is 426 g/mol. The van der Waals surface area contributed by atoms with E-state index in [0.717, 1.165) is 18.6 Å². The van der Waals surface area contributed by atoms with E-state index in [2.05, 4.69) is 18.6 Å². The van der Waals surface area contributed by atoms with Gasteiger partial charge in [-0.25, -0.2) is 8.42 Å². The van der Waals surface area contributed by atoms with E-state index >= 15 is 0 Å². The number of anilines is 1. The highest BCUT2D eigenvalue weighted by Crippen LogP contribution is 2.20. The average Bonchev–Trinajstić information content (AvgIpc) is 2.69. The molecule has 0 spiro atoms. The summed E-state index contributed by atoms with van der Waals surface area (Å²) in [5, 5.41) is 0. The molecule has 168 valence electrons.